The zero-order chi connectivity index (χ0) is 21.1. The number of anilines is 1. The Kier molecular flexibility index (Phi) is 4.38. The molecule has 29 heavy (non-hydrogen) atoms. The molecule has 0 saturated carbocycles. The molecular formula is C22H23F2N3O2. The fourth-order valence-electron chi connectivity index (χ4n) is 4.16. The Bertz CT molecular complexity index is 1140. The van der Waals surface area contributed by atoms with Crippen molar-refractivity contribution >= 4 is 22.5 Å². The smallest absolute Gasteiger partial charge is 0.217 e. The van der Waals surface area contributed by atoms with E-state index < -0.39 is 35.2 Å². The number of fused-ring (bicyclic) bond motifs is 2. The van der Waals surface area contributed by atoms with E-state index in [0.717, 1.165) is 10.9 Å². The summed E-state index contributed by atoms with van der Waals surface area (Å²) in [6, 6.07) is 5.49. The number of aromatic amines is 1. The van der Waals surface area contributed by atoms with E-state index in [1.807, 2.05) is 13.0 Å². The van der Waals surface area contributed by atoms with Crippen molar-refractivity contribution in [1.29, 1.82) is 0 Å². The standard InChI is InChI=1S/C22H23F2N3O2/c1-10-9-25-19-12(10)6-5-7-13(19)16-14(23)8-15-17(18(16)24)20(26-11(2)28)21(29)22(3,4)27-15/h5-9,20-21,25,27,29H,1-4H3,(H,26,28). The van der Waals surface area contributed by atoms with Gasteiger partial charge in [-0.1, -0.05) is 18.2 Å². The first-order valence-electron chi connectivity index (χ1n) is 9.44. The average Bonchev–Trinajstić information content (AvgIpc) is 3.00. The highest BCUT2D eigenvalue weighted by Crippen LogP contribution is 2.44. The number of nitrogens with one attached hydrogen (secondary N) is 3. The summed E-state index contributed by atoms with van der Waals surface area (Å²) in [5, 5.41) is 17.3. The van der Waals surface area contributed by atoms with Gasteiger partial charge in [-0.05, 0) is 32.4 Å². The molecule has 2 aromatic carbocycles. The van der Waals surface area contributed by atoms with Gasteiger partial charge in [0.1, 0.15) is 17.7 Å². The van der Waals surface area contributed by atoms with Crippen LogP contribution in [0.15, 0.2) is 30.5 Å². The lowest BCUT2D eigenvalue weighted by Crippen LogP contribution is -2.55. The van der Waals surface area contributed by atoms with Crippen LogP contribution in [0, 0.1) is 18.6 Å². The predicted molar refractivity (Wildman–Crippen MR) is 109 cm³/mol. The number of carbonyl (C=O) groups is 1. The van der Waals surface area contributed by atoms with Gasteiger partial charge in [-0.2, -0.15) is 0 Å². The second-order valence-corrected chi connectivity index (χ2v) is 8.18. The summed E-state index contributed by atoms with van der Waals surface area (Å²) in [5.41, 5.74) is 1.15. The van der Waals surface area contributed by atoms with Gasteiger partial charge < -0.3 is 20.7 Å². The highest BCUT2D eigenvalue weighted by molar-refractivity contribution is 5.96. The molecule has 0 bridgehead atoms. The molecule has 1 aliphatic rings. The van der Waals surface area contributed by atoms with E-state index in [1.165, 1.54) is 13.0 Å². The van der Waals surface area contributed by atoms with Crippen LogP contribution in [-0.4, -0.2) is 27.6 Å². The van der Waals surface area contributed by atoms with E-state index in [4.69, 9.17) is 0 Å². The summed E-state index contributed by atoms with van der Waals surface area (Å²) in [6.45, 7) is 6.63. The van der Waals surface area contributed by atoms with Crippen LogP contribution in [0.2, 0.25) is 0 Å². The molecule has 0 saturated heterocycles. The molecule has 7 heteroatoms. The summed E-state index contributed by atoms with van der Waals surface area (Å²) in [7, 11) is 0. The maximum absolute atomic E-state index is 15.8. The van der Waals surface area contributed by atoms with Crippen LogP contribution >= 0.6 is 0 Å². The molecule has 2 unspecified atom stereocenters. The minimum Gasteiger partial charge on any atom is -0.388 e. The van der Waals surface area contributed by atoms with E-state index in [0.29, 0.717) is 11.1 Å². The summed E-state index contributed by atoms with van der Waals surface area (Å²) in [4.78, 5) is 14.8. The molecule has 4 N–H and O–H groups in total. The number of para-hydroxylation sites is 1. The Labute approximate surface area is 167 Å². The minimum atomic E-state index is -1.12. The molecule has 2 heterocycles. The molecule has 0 fully saturated rings. The Morgan fingerprint density at radius 1 is 1.28 bits per heavy atom. The number of hydrogen-bond donors (Lipinski definition) is 4. The van der Waals surface area contributed by atoms with Crippen LogP contribution in [-0.2, 0) is 4.79 Å². The van der Waals surface area contributed by atoms with Crippen molar-refractivity contribution in [1.82, 2.24) is 10.3 Å². The SMILES string of the molecule is CC(=O)NC1c2c(cc(F)c(-c3cccc4c(C)c[nH]c34)c2F)NC(C)(C)C1O. The number of amides is 1. The van der Waals surface area contributed by atoms with E-state index in [2.05, 4.69) is 15.6 Å². The molecule has 5 nitrogen and oxygen atoms in total. The van der Waals surface area contributed by atoms with Crippen LogP contribution in [0.3, 0.4) is 0 Å². The Morgan fingerprint density at radius 2 is 2.00 bits per heavy atom. The summed E-state index contributed by atoms with van der Waals surface area (Å²) in [6.07, 6.45) is 0.672. The lowest BCUT2D eigenvalue weighted by atomic mass is 9.81. The molecule has 3 aromatic rings. The molecule has 1 aromatic heterocycles. The van der Waals surface area contributed by atoms with Gasteiger partial charge in [-0.15, -0.1) is 0 Å². The third-order valence-electron chi connectivity index (χ3n) is 5.63. The van der Waals surface area contributed by atoms with Crippen molar-refractivity contribution in [2.24, 2.45) is 0 Å². The molecule has 2 atom stereocenters. The van der Waals surface area contributed by atoms with Crippen molar-refractivity contribution in [3.8, 4) is 11.1 Å². The van der Waals surface area contributed by atoms with Gasteiger partial charge in [0.05, 0.1) is 22.7 Å². The first-order valence-corrected chi connectivity index (χ1v) is 9.44. The molecule has 0 aliphatic carbocycles. The van der Waals surface area contributed by atoms with Crippen LogP contribution in [0.5, 0.6) is 0 Å². The van der Waals surface area contributed by atoms with E-state index in [-0.39, 0.29) is 16.8 Å². The number of aromatic nitrogens is 1. The quantitative estimate of drug-likeness (QED) is 0.523. The molecule has 1 aliphatic heterocycles. The number of carbonyl (C=O) groups excluding carboxylic acids is 1. The van der Waals surface area contributed by atoms with Crippen molar-refractivity contribution < 1.29 is 18.7 Å². The van der Waals surface area contributed by atoms with Gasteiger partial charge in [-0.25, -0.2) is 8.78 Å². The van der Waals surface area contributed by atoms with E-state index >= 15 is 8.78 Å². The second kappa shape index (κ2) is 6.56. The molecule has 152 valence electrons. The summed E-state index contributed by atoms with van der Waals surface area (Å²) < 4.78 is 31.0. The topological polar surface area (TPSA) is 77.2 Å². The van der Waals surface area contributed by atoms with Crippen molar-refractivity contribution in [2.45, 2.75) is 45.4 Å². The number of aliphatic hydroxyl groups excluding tert-OH is 1. The lowest BCUT2D eigenvalue weighted by Gasteiger charge is -2.43. The van der Waals surface area contributed by atoms with Crippen LogP contribution in [0.4, 0.5) is 14.5 Å². The maximum atomic E-state index is 15.8. The fraction of sp³-hybridized carbons (Fsp3) is 0.318. The third-order valence-corrected chi connectivity index (χ3v) is 5.63. The average molecular weight is 399 g/mol. The highest BCUT2D eigenvalue weighted by Gasteiger charge is 2.44. The van der Waals surface area contributed by atoms with Crippen molar-refractivity contribution in [2.75, 3.05) is 5.32 Å². The number of halogens is 2. The number of aryl methyl sites for hydroxylation is 1. The van der Waals surface area contributed by atoms with Gasteiger partial charge in [0.15, 0.2) is 0 Å². The van der Waals surface area contributed by atoms with Gasteiger partial charge in [0.25, 0.3) is 0 Å². The number of benzene rings is 2. The maximum Gasteiger partial charge on any atom is 0.217 e. The monoisotopic (exact) mass is 399 g/mol. The molecule has 0 spiro atoms. The minimum absolute atomic E-state index is 0.0451. The van der Waals surface area contributed by atoms with Crippen molar-refractivity contribution in [3.05, 3.63) is 53.2 Å². The van der Waals surface area contributed by atoms with Gasteiger partial charge in [0, 0.05) is 35.3 Å². The van der Waals surface area contributed by atoms with Gasteiger partial charge in [-0.3, -0.25) is 4.79 Å². The van der Waals surface area contributed by atoms with Crippen LogP contribution in [0.1, 0.15) is 37.9 Å². The van der Waals surface area contributed by atoms with E-state index in [9.17, 15) is 9.90 Å². The molecule has 4 rings (SSSR count). The summed E-state index contributed by atoms with van der Waals surface area (Å²) >= 11 is 0. The predicted octanol–water partition coefficient (Wildman–Crippen LogP) is 4.16. The lowest BCUT2D eigenvalue weighted by molar-refractivity contribution is -0.121. The largest absolute Gasteiger partial charge is 0.388 e. The number of hydrogen-bond acceptors (Lipinski definition) is 3. The summed E-state index contributed by atoms with van der Waals surface area (Å²) in [5.74, 6) is -1.94. The third kappa shape index (κ3) is 2.97. The first kappa shape index (κ1) is 19.4. The van der Waals surface area contributed by atoms with Crippen molar-refractivity contribution in [3.63, 3.8) is 0 Å². The fourth-order valence-corrected chi connectivity index (χ4v) is 4.16. The Balaban J connectivity index is 2.00. The number of aliphatic hydroxyl groups is 1. The number of rotatable bonds is 2. The molecule has 1 amide bonds. The first-order chi connectivity index (χ1) is 13.6. The van der Waals surface area contributed by atoms with E-state index in [1.54, 1.807) is 32.2 Å². The Morgan fingerprint density at radius 3 is 2.69 bits per heavy atom. The van der Waals surface area contributed by atoms with Gasteiger partial charge >= 0.3 is 0 Å². The second-order valence-electron chi connectivity index (χ2n) is 8.18. The highest BCUT2D eigenvalue weighted by atomic mass is 19.1. The molecule has 0 radical (unpaired) electrons. The molecular weight excluding hydrogens is 376 g/mol. The number of H-pyrrole nitrogens is 1. The zero-order valence-corrected chi connectivity index (χ0v) is 16.7. The Hall–Kier alpha value is -2.93. The van der Waals surface area contributed by atoms with Crippen LogP contribution in [0.25, 0.3) is 22.0 Å². The zero-order valence-electron chi connectivity index (χ0n) is 16.7. The van der Waals surface area contributed by atoms with Crippen LogP contribution < -0.4 is 10.6 Å². The van der Waals surface area contributed by atoms with Gasteiger partial charge in [0.2, 0.25) is 5.91 Å². The normalized spacial score (nSPS) is 20.2.